The molecule has 2 aromatic rings. The van der Waals surface area contributed by atoms with E-state index in [0.29, 0.717) is 37.6 Å². The van der Waals surface area contributed by atoms with Gasteiger partial charge in [0.15, 0.2) is 0 Å². The van der Waals surface area contributed by atoms with Crippen molar-refractivity contribution >= 4 is 22.1 Å². The molecule has 0 saturated carbocycles. The van der Waals surface area contributed by atoms with Crippen molar-refractivity contribution in [2.24, 2.45) is 0 Å². The summed E-state index contributed by atoms with van der Waals surface area (Å²) in [4.78, 5) is 12.1. The van der Waals surface area contributed by atoms with Gasteiger partial charge in [0.05, 0.1) is 25.2 Å². The van der Waals surface area contributed by atoms with E-state index in [1.807, 2.05) is 0 Å². The molecule has 1 aliphatic heterocycles. The standard InChI is InChI=1S/C22H25NO7S/c1-27-19-5-7-20(8-6-19)29-16-17-30-22(24)11-4-18-2-9-21(10-3-18)31(25,26)23-12-14-28-15-13-23/h2-11H,12-17H2,1H3/b11-4+. The van der Waals surface area contributed by atoms with Crippen molar-refractivity contribution in [1.29, 1.82) is 0 Å². The lowest BCUT2D eigenvalue weighted by molar-refractivity contribution is -0.138. The number of morpholine rings is 1. The van der Waals surface area contributed by atoms with E-state index >= 15 is 0 Å². The van der Waals surface area contributed by atoms with Crippen molar-refractivity contribution in [2.75, 3.05) is 46.6 Å². The zero-order valence-electron chi connectivity index (χ0n) is 17.2. The highest BCUT2D eigenvalue weighted by Crippen LogP contribution is 2.18. The van der Waals surface area contributed by atoms with Crippen LogP contribution in [-0.4, -0.2) is 65.3 Å². The Hall–Kier alpha value is -2.88. The summed E-state index contributed by atoms with van der Waals surface area (Å²) in [6, 6.07) is 13.4. The molecule has 1 saturated heterocycles. The topological polar surface area (TPSA) is 91.4 Å². The summed E-state index contributed by atoms with van der Waals surface area (Å²) in [6.45, 7) is 1.81. The Labute approximate surface area is 182 Å². The van der Waals surface area contributed by atoms with Gasteiger partial charge < -0.3 is 18.9 Å². The van der Waals surface area contributed by atoms with Crippen molar-refractivity contribution in [3.05, 3.63) is 60.2 Å². The predicted octanol–water partition coefficient (Wildman–Crippen LogP) is 2.35. The summed E-state index contributed by atoms with van der Waals surface area (Å²) in [5.74, 6) is 0.874. The molecular weight excluding hydrogens is 422 g/mol. The third kappa shape index (κ3) is 6.55. The quantitative estimate of drug-likeness (QED) is 0.331. The summed E-state index contributed by atoms with van der Waals surface area (Å²) < 4.78 is 47.5. The van der Waals surface area contributed by atoms with Crippen LogP contribution in [0.25, 0.3) is 6.08 Å². The van der Waals surface area contributed by atoms with E-state index in [9.17, 15) is 13.2 Å². The number of carbonyl (C=O) groups excluding carboxylic acids is 1. The van der Waals surface area contributed by atoms with E-state index in [0.717, 1.165) is 5.75 Å². The molecule has 9 heteroatoms. The van der Waals surface area contributed by atoms with Crippen LogP contribution >= 0.6 is 0 Å². The fourth-order valence-corrected chi connectivity index (χ4v) is 4.28. The molecule has 0 aliphatic carbocycles. The second-order valence-corrected chi connectivity index (χ2v) is 8.55. The summed E-state index contributed by atoms with van der Waals surface area (Å²) in [7, 11) is -1.95. The summed E-state index contributed by atoms with van der Waals surface area (Å²) >= 11 is 0. The van der Waals surface area contributed by atoms with Gasteiger partial charge in [0.1, 0.15) is 24.7 Å². The van der Waals surface area contributed by atoms with Gasteiger partial charge in [-0.25, -0.2) is 13.2 Å². The van der Waals surface area contributed by atoms with Gasteiger partial charge in [-0.05, 0) is 48.0 Å². The fraction of sp³-hybridized carbons (Fsp3) is 0.318. The van der Waals surface area contributed by atoms with Crippen molar-refractivity contribution in [1.82, 2.24) is 4.31 Å². The van der Waals surface area contributed by atoms with Crippen molar-refractivity contribution < 1.29 is 32.2 Å². The highest BCUT2D eigenvalue weighted by molar-refractivity contribution is 7.89. The number of methoxy groups -OCH3 is 1. The second kappa shape index (κ2) is 10.9. The lowest BCUT2D eigenvalue weighted by Crippen LogP contribution is -2.40. The highest BCUT2D eigenvalue weighted by atomic mass is 32.2. The summed E-state index contributed by atoms with van der Waals surface area (Å²) in [5.41, 5.74) is 0.687. The first-order valence-electron chi connectivity index (χ1n) is 9.79. The Morgan fingerprint density at radius 2 is 1.65 bits per heavy atom. The van der Waals surface area contributed by atoms with E-state index in [2.05, 4.69) is 0 Å². The lowest BCUT2D eigenvalue weighted by Gasteiger charge is -2.26. The molecule has 3 rings (SSSR count). The molecule has 0 amide bonds. The number of ether oxygens (including phenoxy) is 4. The van der Waals surface area contributed by atoms with Crippen LogP contribution in [0.15, 0.2) is 59.5 Å². The minimum Gasteiger partial charge on any atom is -0.497 e. The monoisotopic (exact) mass is 447 g/mol. The molecule has 0 radical (unpaired) electrons. The number of nitrogens with zero attached hydrogens (tertiary/aromatic N) is 1. The molecule has 0 atom stereocenters. The zero-order valence-corrected chi connectivity index (χ0v) is 18.0. The van der Waals surface area contributed by atoms with Crippen molar-refractivity contribution in [3.63, 3.8) is 0 Å². The van der Waals surface area contributed by atoms with Crippen molar-refractivity contribution in [3.8, 4) is 11.5 Å². The molecule has 8 nitrogen and oxygen atoms in total. The number of hydrogen-bond acceptors (Lipinski definition) is 7. The summed E-state index contributed by atoms with van der Waals surface area (Å²) in [6.07, 6.45) is 2.86. The molecule has 31 heavy (non-hydrogen) atoms. The average molecular weight is 448 g/mol. The smallest absolute Gasteiger partial charge is 0.330 e. The van der Waals surface area contributed by atoms with Gasteiger partial charge in [0, 0.05) is 19.2 Å². The first-order chi connectivity index (χ1) is 15.0. The maximum Gasteiger partial charge on any atom is 0.330 e. The third-order valence-electron chi connectivity index (χ3n) is 4.56. The van der Waals surface area contributed by atoms with E-state index in [-0.39, 0.29) is 18.1 Å². The van der Waals surface area contributed by atoms with E-state index < -0.39 is 16.0 Å². The van der Waals surface area contributed by atoms with Crippen LogP contribution in [0.1, 0.15) is 5.56 Å². The highest BCUT2D eigenvalue weighted by Gasteiger charge is 2.25. The minimum atomic E-state index is -3.54. The minimum absolute atomic E-state index is 0.103. The zero-order chi connectivity index (χ0) is 22.1. The first-order valence-corrected chi connectivity index (χ1v) is 11.2. The van der Waals surface area contributed by atoms with Gasteiger partial charge in [-0.1, -0.05) is 12.1 Å². The van der Waals surface area contributed by atoms with Gasteiger partial charge in [-0.2, -0.15) is 4.31 Å². The third-order valence-corrected chi connectivity index (χ3v) is 6.47. The fourth-order valence-electron chi connectivity index (χ4n) is 2.87. The molecule has 166 valence electrons. The molecule has 0 bridgehead atoms. The molecular formula is C22H25NO7S. The molecule has 1 fully saturated rings. The Kier molecular flexibility index (Phi) is 8.05. The number of hydrogen-bond donors (Lipinski definition) is 0. The number of esters is 1. The number of benzene rings is 2. The molecule has 1 aliphatic rings. The number of carbonyl (C=O) groups is 1. The molecule has 0 aromatic heterocycles. The largest absolute Gasteiger partial charge is 0.497 e. The second-order valence-electron chi connectivity index (χ2n) is 6.61. The van der Waals surface area contributed by atoms with Crippen LogP contribution in [0.3, 0.4) is 0 Å². The van der Waals surface area contributed by atoms with Crippen molar-refractivity contribution in [2.45, 2.75) is 4.90 Å². The van der Waals surface area contributed by atoms with E-state index in [1.165, 1.54) is 22.5 Å². The van der Waals surface area contributed by atoms with Gasteiger partial charge in [0.2, 0.25) is 10.0 Å². The van der Waals surface area contributed by atoms with Crippen LogP contribution in [0.4, 0.5) is 0 Å². The Morgan fingerprint density at radius 3 is 2.29 bits per heavy atom. The Balaban J connectivity index is 1.44. The normalized spacial score (nSPS) is 15.0. The van der Waals surface area contributed by atoms with Gasteiger partial charge >= 0.3 is 5.97 Å². The number of rotatable bonds is 9. The van der Waals surface area contributed by atoms with Crippen LogP contribution < -0.4 is 9.47 Å². The van der Waals surface area contributed by atoms with Crippen LogP contribution in [-0.2, 0) is 24.3 Å². The van der Waals surface area contributed by atoms with Crippen LogP contribution in [0.2, 0.25) is 0 Å². The van der Waals surface area contributed by atoms with Gasteiger partial charge in [-0.15, -0.1) is 0 Å². The van der Waals surface area contributed by atoms with E-state index in [4.69, 9.17) is 18.9 Å². The van der Waals surface area contributed by atoms with Gasteiger partial charge in [-0.3, -0.25) is 0 Å². The maximum atomic E-state index is 12.6. The first kappa shape index (κ1) is 22.8. The van der Waals surface area contributed by atoms with Gasteiger partial charge in [0.25, 0.3) is 0 Å². The average Bonchev–Trinajstić information content (AvgIpc) is 2.81. The summed E-state index contributed by atoms with van der Waals surface area (Å²) in [5, 5.41) is 0. The van der Waals surface area contributed by atoms with E-state index in [1.54, 1.807) is 49.6 Å². The Bertz CT molecular complexity index is 980. The van der Waals surface area contributed by atoms with Crippen LogP contribution in [0.5, 0.6) is 11.5 Å². The SMILES string of the molecule is COc1ccc(OCCOC(=O)/C=C/c2ccc(S(=O)(=O)N3CCOCC3)cc2)cc1. The molecule has 0 N–H and O–H groups in total. The lowest BCUT2D eigenvalue weighted by atomic mass is 10.2. The molecule has 1 heterocycles. The Morgan fingerprint density at radius 1 is 1.00 bits per heavy atom. The maximum absolute atomic E-state index is 12.6. The number of sulfonamides is 1. The molecule has 0 spiro atoms. The predicted molar refractivity (Wildman–Crippen MR) is 115 cm³/mol. The van der Waals surface area contributed by atoms with Crippen LogP contribution in [0, 0.1) is 0 Å². The molecule has 0 unspecified atom stereocenters. The molecule has 2 aromatic carbocycles.